The zero-order chi connectivity index (χ0) is 20.5. The highest BCUT2D eigenvalue weighted by molar-refractivity contribution is 5.89. The summed E-state index contributed by atoms with van der Waals surface area (Å²) in [5.74, 6) is 1.36. The topological polar surface area (TPSA) is 66.5 Å². The number of carbonyl (C=O) groups excluding carboxylic acids is 1. The highest BCUT2D eigenvalue weighted by Crippen LogP contribution is 2.28. The molecule has 1 heterocycles. The first-order chi connectivity index (χ1) is 14.1. The van der Waals surface area contributed by atoms with Crippen LogP contribution in [0.3, 0.4) is 0 Å². The third-order valence-corrected chi connectivity index (χ3v) is 5.55. The maximum Gasteiger partial charge on any atom is 0.319 e. The summed E-state index contributed by atoms with van der Waals surface area (Å²) in [4.78, 5) is 18.7. The molecule has 0 spiro atoms. The Balaban J connectivity index is 1.49. The lowest BCUT2D eigenvalue weighted by atomic mass is 9.83. The molecule has 6 heteroatoms. The van der Waals surface area contributed by atoms with E-state index in [1.165, 1.54) is 32.1 Å². The molecule has 1 atom stereocenters. The maximum atomic E-state index is 12.4. The number of carbonyl (C=O) groups is 1. The van der Waals surface area contributed by atoms with E-state index in [0.717, 1.165) is 5.56 Å². The van der Waals surface area contributed by atoms with Gasteiger partial charge in [-0.3, -0.25) is 4.98 Å². The van der Waals surface area contributed by atoms with E-state index in [0.29, 0.717) is 36.5 Å². The van der Waals surface area contributed by atoms with E-state index < -0.39 is 0 Å². The van der Waals surface area contributed by atoms with Gasteiger partial charge in [0.15, 0.2) is 0 Å². The van der Waals surface area contributed by atoms with Crippen molar-refractivity contribution < 1.29 is 9.53 Å². The van der Waals surface area contributed by atoms with E-state index in [-0.39, 0.29) is 6.03 Å². The molecule has 1 aliphatic carbocycles. The molecule has 3 rings (SSSR count). The van der Waals surface area contributed by atoms with E-state index >= 15 is 0 Å². The lowest BCUT2D eigenvalue weighted by Crippen LogP contribution is -2.46. The van der Waals surface area contributed by atoms with Crippen LogP contribution in [0, 0.1) is 5.92 Å². The number of aromatic nitrogens is 1. The van der Waals surface area contributed by atoms with Gasteiger partial charge in [-0.2, -0.15) is 0 Å². The fourth-order valence-corrected chi connectivity index (χ4v) is 3.98. The van der Waals surface area contributed by atoms with E-state index in [9.17, 15) is 4.79 Å². The molecule has 6 nitrogen and oxygen atoms in total. The van der Waals surface area contributed by atoms with Crippen LogP contribution in [-0.2, 0) is 6.61 Å². The van der Waals surface area contributed by atoms with Crippen LogP contribution in [0.2, 0.25) is 0 Å². The number of ether oxygens (including phenoxy) is 1. The summed E-state index contributed by atoms with van der Waals surface area (Å²) in [6.07, 6.45) is 9.96. The number of amides is 2. The average molecular weight is 397 g/mol. The van der Waals surface area contributed by atoms with Crippen LogP contribution in [0.4, 0.5) is 10.5 Å². The second kappa shape index (κ2) is 10.8. The third kappa shape index (κ3) is 6.75. The molecule has 156 valence electrons. The summed E-state index contributed by atoms with van der Waals surface area (Å²) >= 11 is 0. The SMILES string of the molecule is CN(C)[C@@H](CNC(=O)Nc1cccc(OCc2cccnc2)c1)C1CCCCC1. The fourth-order valence-electron chi connectivity index (χ4n) is 3.98. The molecule has 0 aliphatic heterocycles. The minimum absolute atomic E-state index is 0.183. The molecule has 0 unspecified atom stereocenters. The fraction of sp³-hybridized carbons (Fsp3) is 0.478. The Kier molecular flexibility index (Phi) is 7.87. The van der Waals surface area contributed by atoms with Gasteiger partial charge in [-0.15, -0.1) is 0 Å². The molecule has 1 aromatic carbocycles. The number of rotatable bonds is 8. The van der Waals surface area contributed by atoms with E-state index in [4.69, 9.17) is 4.74 Å². The first-order valence-electron chi connectivity index (χ1n) is 10.4. The zero-order valence-electron chi connectivity index (χ0n) is 17.4. The molecule has 1 saturated carbocycles. The predicted molar refractivity (Wildman–Crippen MR) is 116 cm³/mol. The van der Waals surface area contributed by atoms with E-state index in [2.05, 4.69) is 34.6 Å². The number of likely N-dealkylation sites (N-methyl/N-ethyl adjacent to an activating group) is 1. The lowest BCUT2D eigenvalue weighted by molar-refractivity contribution is 0.167. The Hall–Kier alpha value is -2.60. The van der Waals surface area contributed by atoms with Crippen molar-refractivity contribution >= 4 is 11.7 Å². The highest BCUT2D eigenvalue weighted by atomic mass is 16.5. The number of nitrogens with one attached hydrogen (secondary N) is 2. The van der Waals surface area contributed by atoms with Gasteiger partial charge >= 0.3 is 6.03 Å². The van der Waals surface area contributed by atoms with E-state index in [1.807, 2.05) is 36.4 Å². The lowest BCUT2D eigenvalue weighted by Gasteiger charge is -2.34. The van der Waals surface area contributed by atoms with Crippen LogP contribution < -0.4 is 15.4 Å². The second-order valence-corrected chi connectivity index (χ2v) is 7.94. The number of hydrogen-bond acceptors (Lipinski definition) is 4. The largest absolute Gasteiger partial charge is 0.489 e. The monoisotopic (exact) mass is 396 g/mol. The smallest absolute Gasteiger partial charge is 0.319 e. The van der Waals surface area contributed by atoms with E-state index in [1.54, 1.807) is 12.4 Å². The molecular formula is C23H32N4O2. The molecule has 0 bridgehead atoms. The molecule has 2 aromatic rings. The summed E-state index contributed by atoms with van der Waals surface area (Å²) < 4.78 is 5.80. The van der Waals surface area contributed by atoms with Gasteiger partial charge in [0, 0.05) is 42.3 Å². The predicted octanol–water partition coefficient (Wildman–Crippen LogP) is 4.29. The molecule has 29 heavy (non-hydrogen) atoms. The normalized spacial score (nSPS) is 15.7. The molecule has 0 saturated heterocycles. The van der Waals surface area contributed by atoms with Gasteiger partial charge in [0.2, 0.25) is 0 Å². The number of nitrogens with zero attached hydrogens (tertiary/aromatic N) is 2. The van der Waals surface area contributed by atoms with Gasteiger partial charge in [-0.05, 0) is 51.1 Å². The molecule has 1 aromatic heterocycles. The Morgan fingerprint density at radius 3 is 2.76 bits per heavy atom. The standard InChI is InChI=1S/C23H32N4O2/c1-27(2)22(19-9-4-3-5-10-19)16-25-23(28)26-20-11-6-12-21(14-20)29-17-18-8-7-13-24-15-18/h6-8,11-15,19,22H,3-5,9-10,16-17H2,1-2H3,(H2,25,26,28)/t22-/m0/s1. The van der Waals surface area contributed by atoms with Gasteiger partial charge in [-0.1, -0.05) is 31.4 Å². The van der Waals surface area contributed by atoms with Crippen LogP contribution in [0.15, 0.2) is 48.8 Å². The Morgan fingerprint density at radius 2 is 2.03 bits per heavy atom. The van der Waals surface area contributed by atoms with Gasteiger partial charge in [0.25, 0.3) is 0 Å². The summed E-state index contributed by atoms with van der Waals surface area (Å²) in [5, 5.41) is 5.96. The zero-order valence-corrected chi connectivity index (χ0v) is 17.4. The van der Waals surface area contributed by atoms with Crippen LogP contribution in [0.25, 0.3) is 0 Å². The van der Waals surface area contributed by atoms with Crippen LogP contribution in [0.5, 0.6) is 5.75 Å². The first kappa shape index (κ1) is 21.1. The third-order valence-electron chi connectivity index (χ3n) is 5.55. The summed E-state index contributed by atoms with van der Waals surface area (Å²) in [7, 11) is 4.20. The van der Waals surface area contributed by atoms with Crippen molar-refractivity contribution in [3.63, 3.8) is 0 Å². The van der Waals surface area contributed by atoms with Crippen molar-refractivity contribution in [2.45, 2.75) is 44.8 Å². The number of pyridine rings is 1. The number of anilines is 1. The number of hydrogen-bond donors (Lipinski definition) is 2. The average Bonchev–Trinajstić information content (AvgIpc) is 2.74. The van der Waals surface area contributed by atoms with Gasteiger partial charge in [0.05, 0.1) is 0 Å². The molecule has 1 aliphatic rings. The Morgan fingerprint density at radius 1 is 1.21 bits per heavy atom. The van der Waals surface area contributed by atoms with Crippen LogP contribution in [-0.4, -0.2) is 42.6 Å². The van der Waals surface area contributed by atoms with Crippen molar-refractivity contribution in [1.82, 2.24) is 15.2 Å². The number of benzene rings is 1. The summed E-state index contributed by atoms with van der Waals surface area (Å²) in [6.45, 7) is 1.09. The van der Waals surface area contributed by atoms with Crippen molar-refractivity contribution in [2.24, 2.45) is 5.92 Å². The molecule has 0 radical (unpaired) electrons. The van der Waals surface area contributed by atoms with Crippen molar-refractivity contribution in [2.75, 3.05) is 26.0 Å². The molecule has 2 amide bonds. The quantitative estimate of drug-likeness (QED) is 0.698. The molecular weight excluding hydrogens is 364 g/mol. The Labute approximate surface area is 173 Å². The van der Waals surface area contributed by atoms with Gasteiger partial charge < -0.3 is 20.3 Å². The maximum absolute atomic E-state index is 12.4. The van der Waals surface area contributed by atoms with Crippen molar-refractivity contribution in [1.29, 1.82) is 0 Å². The minimum atomic E-state index is -0.183. The Bertz CT molecular complexity index is 760. The van der Waals surface area contributed by atoms with Crippen LogP contribution in [0.1, 0.15) is 37.7 Å². The second-order valence-electron chi connectivity index (χ2n) is 7.94. The highest BCUT2D eigenvalue weighted by Gasteiger charge is 2.25. The van der Waals surface area contributed by atoms with Gasteiger partial charge in [-0.25, -0.2) is 4.79 Å². The van der Waals surface area contributed by atoms with Gasteiger partial charge in [0.1, 0.15) is 12.4 Å². The summed E-state index contributed by atoms with van der Waals surface area (Å²) in [6, 6.07) is 11.5. The molecule has 2 N–H and O–H groups in total. The first-order valence-corrected chi connectivity index (χ1v) is 10.4. The minimum Gasteiger partial charge on any atom is -0.489 e. The van der Waals surface area contributed by atoms with Crippen molar-refractivity contribution in [3.05, 3.63) is 54.4 Å². The number of urea groups is 1. The summed E-state index contributed by atoms with van der Waals surface area (Å²) in [5.41, 5.74) is 1.71. The van der Waals surface area contributed by atoms with Crippen LogP contribution >= 0.6 is 0 Å². The molecule has 1 fully saturated rings. The van der Waals surface area contributed by atoms with Crippen molar-refractivity contribution in [3.8, 4) is 5.75 Å².